The Labute approximate surface area is 88.8 Å². The zero-order chi connectivity index (χ0) is 11.7. The molecule has 0 saturated heterocycles. The highest BCUT2D eigenvalue weighted by Crippen LogP contribution is 2.01. The van der Waals surface area contributed by atoms with Crippen LogP contribution in [0, 0.1) is 0 Å². The highest BCUT2D eigenvalue weighted by molar-refractivity contribution is 5.89. The summed E-state index contributed by atoms with van der Waals surface area (Å²) in [6.07, 6.45) is 4.34. The Bertz CT molecular complexity index is 238. The fraction of sp³-hybridized carbons (Fsp3) is 0.600. The molecule has 86 valence electrons. The van der Waals surface area contributed by atoms with Crippen LogP contribution in [-0.4, -0.2) is 34.7 Å². The summed E-state index contributed by atoms with van der Waals surface area (Å²) < 4.78 is 0. The Balaban J connectivity index is 3.66. The van der Waals surface area contributed by atoms with Crippen LogP contribution in [0.4, 0.5) is 0 Å². The normalized spacial score (nSPS) is 12.7. The molecule has 0 aromatic carbocycles. The number of amides is 1. The van der Waals surface area contributed by atoms with Crippen LogP contribution in [0.25, 0.3) is 0 Å². The molecule has 0 aromatic heterocycles. The van der Waals surface area contributed by atoms with Crippen molar-refractivity contribution in [2.24, 2.45) is 0 Å². The van der Waals surface area contributed by atoms with Crippen LogP contribution in [0.15, 0.2) is 12.2 Å². The van der Waals surface area contributed by atoms with E-state index in [1.165, 1.54) is 12.2 Å². The number of nitrogens with one attached hydrogen (secondary N) is 1. The highest BCUT2D eigenvalue weighted by Gasteiger charge is 2.01. The van der Waals surface area contributed by atoms with Crippen molar-refractivity contribution in [1.29, 1.82) is 0 Å². The first-order valence-electron chi connectivity index (χ1n) is 4.90. The molecule has 0 spiro atoms. The Hall–Kier alpha value is -1.36. The highest BCUT2D eigenvalue weighted by atomic mass is 16.4. The molecule has 3 N–H and O–H groups in total. The second-order valence-corrected chi connectivity index (χ2v) is 3.19. The van der Waals surface area contributed by atoms with Gasteiger partial charge in [-0.3, -0.25) is 9.59 Å². The number of carboxylic acids is 1. The number of hydrogen-bond acceptors (Lipinski definition) is 3. The van der Waals surface area contributed by atoms with Crippen molar-refractivity contribution < 1.29 is 19.8 Å². The van der Waals surface area contributed by atoms with Gasteiger partial charge in [0.15, 0.2) is 0 Å². The summed E-state index contributed by atoms with van der Waals surface area (Å²) in [5, 5.41) is 19.8. The number of aliphatic carboxylic acids is 1. The molecule has 0 bridgehead atoms. The summed E-state index contributed by atoms with van der Waals surface area (Å²) in [6, 6.07) is 0. The largest absolute Gasteiger partial charge is 0.480 e. The van der Waals surface area contributed by atoms with Crippen molar-refractivity contribution in [1.82, 2.24) is 5.32 Å². The predicted octanol–water partition coefficient (Wildman–Crippen LogP) is 0.294. The fourth-order valence-electron chi connectivity index (χ4n) is 1.00. The van der Waals surface area contributed by atoms with Crippen LogP contribution in [-0.2, 0) is 9.59 Å². The summed E-state index contributed by atoms with van der Waals surface area (Å²) in [5.41, 5.74) is 0. The van der Waals surface area contributed by atoms with Gasteiger partial charge in [-0.15, -0.1) is 0 Å². The van der Waals surface area contributed by atoms with Gasteiger partial charge in [-0.2, -0.15) is 0 Å². The molecule has 0 radical (unpaired) electrons. The quantitative estimate of drug-likeness (QED) is 0.533. The average molecular weight is 215 g/mol. The van der Waals surface area contributed by atoms with Crippen LogP contribution in [0.2, 0.25) is 0 Å². The fourth-order valence-corrected chi connectivity index (χ4v) is 1.00. The lowest BCUT2D eigenvalue weighted by Gasteiger charge is -2.04. The number of carboxylic acid groups (broad SMARTS) is 1. The molecule has 1 atom stereocenters. The molecular formula is C10H17NO4. The van der Waals surface area contributed by atoms with E-state index in [4.69, 9.17) is 5.11 Å². The maximum absolute atomic E-state index is 10.9. The number of rotatable bonds is 7. The third kappa shape index (κ3) is 8.96. The molecular weight excluding hydrogens is 198 g/mol. The standard InChI is InChI=1S/C10H17NO4/c1-2-4-8(12)5-3-6-9(13)11-7-10(14)15/h3,6,8,12H,2,4-5,7H2,1H3,(H,11,13)(H,14,15)/b6-3+. The lowest BCUT2D eigenvalue weighted by atomic mass is 10.1. The smallest absolute Gasteiger partial charge is 0.322 e. The third-order valence-electron chi connectivity index (χ3n) is 1.71. The second-order valence-electron chi connectivity index (χ2n) is 3.19. The number of aliphatic hydroxyl groups is 1. The van der Waals surface area contributed by atoms with E-state index in [9.17, 15) is 14.7 Å². The summed E-state index contributed by atoms with van der Waals surface area (Å²) in [7, 11) is 0. The van der Waals surface area contributed by atoms with Gasteiger partial charge in [-0.25, -0.2) is 0 Å². The molecule has 5 nitrogen and oxygen atoms in total. The molecule has 1 unspecified atom stereocenters. The second kappa shape index (κ2) is 7.99. The molecule has 0 saturated carbocycles. The van der Waals surface area contributed by atoms with E-state index in [1.807, 2.05) is 6.92 Å². The average Bonchev–Trinajstić information content (AvgIpc) is 2.15. The maximum Gasteiger partial charge on any atom is 0.322 e. The van der Waals surface area contributed by atoms with E-state index in [0.717, 1.165) is 6.42 Å². The predicted molar refractivity (Wildman–Crippen MR) is 55.3 cm³/mol. The zero-order valence-corrected chi connectivity index (χ0v) is 8.77. The van der Waals surface area contributed by atoms with Gasteiger partial charge in [-0.05, 0) is 18.9 Å². The molecule has 0 aliphatic heterocycles. The summed E-state index contributed by atoms with van der Waals surface area (Å²) >= 11 is 0. The van der Waals surface area contributed by atoms with Crippen LogP contribution < -0.4 is 5.32 Å². The number of aliphatic hydroxyl groups excluding tert-OH is 1. The van der Waals surface area contributed by atoms with Crippen molar-refractivity contribution in [2.75, 3.05) is 6.54 Å². The van der Waals surface area contributed by atoms with E-state index < -0.39 is 18.0 Å². The first kappa shape index (κ1) is 13.6. The molecule has 15 heavy (non-hydrogen) atoms. The van der Waals surface area contributed by atoms with E-state index in [-0.39, 0.29) is 6.54 Å². The van der Waals surface area contributed by atoms with Crippen molar-refractivity contribution in [3.05, 3.63) is 12.2 Å². The number of hydrogen-bond donors (Lipinski definition) is 3. The van der Waals surface area contributed by atoms with Crippen LogP contribution in [0.3, 0.4) is 0 Å². The van der Waals surface area contributed by atoms with Crippen LogP contribution in [0.1, 0.15) is 26.2 Å². The zero-order valence-electron chi connectivity index (χ0n) is 8.77. The van der Waals surface area contributed by atoms with Gasteiger partial charge in [0.2, 0.25) is 5.91 Å². The number of carbonyl (C=O) groups is 2. The minimum atomic E-state index is -1.08. The van der Waals surface area contributed by atoms with Crippen LogP contribution >= 0.6 is 0 Å². The summed E-state index contributed by atoms with van der Waals surface area (Å²) in [4.78, 5) is 21.0. The Kier molecular flexibility index (Phi) is 7.27. The van der Waals surface area contributed by atoms with Gasteiger partial charge >= 0.3 is 5.97 Å². The Morgan fingerprint density at radius 3 is 2.67 bits per heavy atom. The maximum atomic E-state index is 10.9. The molecule has 5 heteroatoms. The summed E-state index contributed by atoms with van der Waals surface area (Å²) in [5.74, 6) is -1.54. The van der Waals surface area contributed by atoms with Crippen molar-refractivity contribution in [2.45, 2.75) is 32.3 Å². The van der Waals surface area contributed by atoms with Crippen molar-refractivity contribution in [3.63, 3.8) is 0 Å². The Morgan fingerprint density at radius 2 is 2.13 bits per heavy atom. The molecule has 0 aromatic rings. The van der Waals surface area contributed by atoms with Gasteiger partial charge in [0, 0.05) is 0 Å². The van der Waals surface area contributed by atoms with E-state index in [2.05, 4.69) is 5.32 Å². The molecule has 0 heterocycles. The lowest BCUT2D eigenvalue weighted by Crippen LogP contribution is -2.27. The SMILES string of the molecule is CCCC(O)C/C=C/C(=O)NCC(=O)O. The first-order valence-corrected chi connectivity index (χ1v) is 4.90. The van der Waals surface area contributed by atoms with Crippen molar-refractivity contribution >= 4 is 11.9 Å². The van der Waals surface area contributed by atoms with Crippen molar-refractivity contribution in [3.8, 4) is 0 Å². The van der Waals surface area contributed by atoms with E-state index >= 15 is 0 Å². The minimum absolute atomic E-state index is 0.388. The lowest BCUT2D eigenvalue weighted by molar-refractivity contribution is -0.137. The number of carbonyl (C=O) groups excluding carboxylic acids is 1. The van der Waals surface area contributed by atoms with Gasteiger partial charge in [0.1, 0.15) is 6.54 Å². The van der Waals surface area contributed by atoms with Gasteiger partial charge < -0.3 is 15.5 Å². The summed E-state index contributed by atoms with van der Waals surface area (Å²) in [6.45, 7) is 1.58. The van der Waals surface area contributed by atoms with E-state index in [1.54, 1.807) is 0 Å². The topological polar surface area (TPSA) is 86.6 Å². The van der Waals surface area contributed by atoms with Crippen LogP contribution in [0.5, 0.6) is 0 Å². The molecule has 0 aliphatic rings. The monoisotopic (exact) mass is 215 g/mol. The van der Waals surface area contributed by atoms with Gasteiger partial charge in [0.05, 0.1) is 6.10 Å². The third-order valence-corrected chi connectivity index (χ3v) is 1.71. The molecule has 1 amide bonds. The minimum Gasteiger partial charge on any atom is -0.480 e. The molecule has 0 aliphatic carbocycles. The van der Waals surface area contributed by atoms with Gasteiger partial charge in [0.25, 0.3) is 0 Å². The first-order chi connectivity index (χ1) is 7.06. The molecule has 0 rings (SSSR count). The van der Waals surface area contributed by atoms with Gasteiger partial charge in [-0.1, -0.05) is 19.4 Å². The molecule has 0 fully saturated rings. The van der Waals surface area contributed by atoms with E-state index in [0.29, 0.717) is 12.8 Å². The Morgan fingerprint density at radius 1 is 1.47 bits per heavy atom.